The average molecular weight is 481 g/mol. The molecule has 1 heterocycles. The third-order valence-electron chi connectivity index (χ3n) is 5.47. The van der Waals surface area contributed by atoms with Crippen LogP contribution in [0, 0.1) is 19.8 Å². The fourth-order valence-electron chi connectivity index (χ4n) is 3.47. The van der Waals surface area contributed by atoms with Crippen LogP contribution >= 0.6 is 11.8 Å². The summed E-state index contributed by atoms with van der Waals surface area (Å²) in [5.41, 5.74) is 6.88. The van der Waals surface area contributed by atoms with Gasteiger partial charge in [-0.3, -0.25) is 10.2 Å². The topological polar surface area (TPSA) is 75.1 Å². The number of hydrogen-bond donors (Lipinski definition) is 2. The molecule has 182 valence electrons. The van der Waals surface area contributed by atoms with Crippen molar-refractivity contribution >= 4 is 28.5 Å². The summed E-state index contributed by atoms with van der Waals surface area (Å²) < 4.78 is 6.58. The predicted molar refractivity (Wildman–Crippen MR) is 142 cm³/mol. The number of hydrogen-bond acceptors (Lipinski definition) is 6. The number of carbonyl (C=O) groups excluding carboxylic acids is 1. The van der Waals surface area contributed by atoms with E-state index in [0.29, 0.717) is 29.9 Å². The predicted octanol–water partition coefficient (Wildman–Crippen LogP) is 5.14. The Hall–Kier alpha value is -2.64. The van der Waals surface area contributed by atoms with Crippen molar-refractivity contribution in [2.75, 3.05) is 18.9 Å². The number of carbonyl (C=O) groups is 1. The number of unbranched alkanes of at least 4 members (excludes halogenated alkanes) is 1. The van der Waals surface area contributed by atoms with Crippen molar-refractivity contribution < 1.29 is 9.53 Å². The first-order valence-electron chi connectivity index (χ1n) is 12.0. The molecule has 0 spiro atoms. The standard InChI is InChI=1S/C27H36N4O2S/c1-6-7-16-33-27(23-14-10-21(5)11-15-23)25(22-12-8-20(4)9-13-22)30-31-26(29-27)34-18-24(32)28-17-19(2)3/h8-15,19H,6-7,16-18H2,1-5H3,(H,28,32)(H,29,31). The molecule has 2 aromatic carbocycles. The van der Waals surface area contributed by atoms with Gasteiger partial charge in [0.2, 0.25) is 11.6 Å². The van der Waals surface area contributed by atoms with Gasteiger partial charge in [-0.1, -0.05) is 98.6 Å². The summed E-state index contributed by atoms with van der Waals surface area (Å²) in [6, 6.07) is 16.5. The van der Waals surface area contributed by atoms with Crippen LogP contribution in [-0.4, -0.2) is 35.7 Å². The summed E-state index contributed by atoms with van der Waals surface area (Å²) in [5, 5.41) is 8.27. The van der Waals surface area contributed by atoms with Crippen LogP contribution in [0.1, 0.15) is 55.9 Å². The number of thioether (sulfide) groups is 1. The van der Waals surface area contributed by atoms with E-state index in [-0.39, 0.29) is 11.7 Å². The van der Waals surface area contributed by atoms with Gasteiger partial charge in [0.15, 0.2) is 5.17 Å². The van der Waals surface area contributed by atoms with Crippen molar-refractivity contribution in [2.24, 2.45) is 16.0 Å². The number of rotatable bonds is 10. The fraction of sp³-hybridized carbons (Fsp3) is 0.444. The molecule has 3 rings (SSSR count). The maximum absolute atomic E-state index is 12.3. The Kier molecular flexibility index (Phi) is 9.30. The van der Waals surface area contributed by atoms with Gasteiger partial charge in [0.25, 0.3) is 0 Å². The van der Waals surface area contributed by atoms with Gasteiger partial charge >= 0.3 is 0 Å². The van der Waals surface area contributed by atoms with Crippen LogP contribution in [-0.2, 0) is 15.3 Å². The van der Waals surface area contributed by atoms with Crippen molar-refractivity contribution in [2.45, 2.75) is 53.2 Å². The van der Waals surface area contributed by atoms with Crippen molar-refractivity contribution in [3.05, 3.63) is 70.8 Å². The molecule has 0 saturated heterocycles. The second-order valence-electron chi connectivity index (χ2n) is 9.05. The highest BCUT2D eigenvalue weighted by Crippen LogP contribution is 2.36. The molecule has 0 saturated carbocycles. The average Bonchev–Trinajstić information content (AvgIpc) is 2.82. The van der Waals surface area contributed by atoms with Crippen molar-refractivity contribution in [3.8, 4) is 0 Å². The van der Waals surface area contributed by atoms with E-state index in [1.54, 1.807) is 0 Å². The van der Waals surface area contributed by atoms with Crippen LogP contribution in [0.15, 0.2) is 58.6 Å². The zero-order valence-corrected chi connectivity index (χ0v) is 21.7. The SMILES string of the molecule is CCCCOC1(c2ccc(C)cc2)N=C(SCC(=O)NCC(C)C)NN=C1c1ccc(C)cc1. The lowest BCUT2D eigenvalue weighted by molar-refractivity contribution is -0.118. The molecular formula is C27H36N4O2S. The first kappa shape index (κ1) is 26.0. The fourth-order valence-corrected chi connectivity index (χ4v) is 4.14. The van der Waals surface area contributed by atoms with Crippen molar-refractivity contribution in [3.63, 3.8) is 0 Å². The normalized spacial score (nSPS) is 17.7. The highest BCUT2D eigenvalue weighted by atomic mass is 32.2. The summed E-state index contributed by atoms with van der Waals surface area (Å²) in [7, 11) is 0. The molecule has 0 radical (unpaired) electrons. The van der Waals surface area contributed by atoms with Crippen LogP contribution in [0.25, 0.3) is 0 Å². The summed E-state index contributed by atoms with van der Waals surface area (Å²) in [4.78, 5) is 17.4. The molecule has 0 fully saturated rings. The van der Waals surface area contributed by atoms with Gasteiger partial charge in [0, 0.05) is 17.7 Å². The lowest BCUT2D eigenvalue weighted by Crippen LogP contribution is -2.44. The van der Waals surface area contributed by atoms with Crippen molar-refractivity contribution in [1.29, 1.82) is 0 Å². The number of amidine groups is 1. The van der Waals surface area contributed by atoms with E-state index in [1.807, 2.05) is 0 Å². The van der Waals surface area contributed by atoms with Gasteiger partial charge in [0.1, 0.15) is 5.71 Å². The first-order chi connectivity index (χ1) is 16.3. The molecule has 1 aliphatic rings. The van der Waals surface area contributed by atoms with E-state index in [2.05, 4.69) is 93.9 Å². The number of nitrogens with one attached hydrogen (secondary N) is 2. The maximum atomic E-state index is 12.3. The Balaban J connectivity index is 1.98. The molecule has 7 heteroatoms. The summed E-state index contributed by atoms with van der Waals surface area (Å²) in [6.07, 6.45) is 1.93. The number of aryl methyl sites for hydroxylation is 2. The molecule has 1 amide bonds. The molecule has 1 unspecified atom stereocenters. The highest BCUT2D eigenvalue weighted by molar-refractivity contribution is 8.14. The zero-order valence-electron chi connectivity index (χ0n) is 20.9. The van der Waals surface area contributed by atoms with Crippen LogP contribution in [0.2, 0.25) is 0 Å². The van der Waals surface area contributed by atoms with Gasteiger partial charge in [-0.2, -0.15) is 5.10 Å². The van der Waals surface area contributed by atoms with E-state index in [1.165, 1.54) is 17.3 Å². The van der Waals surface area contributed by atoms with Gasteiger partial charge in [-0.15, -0.1) is 0 Å². The smallest absolute Gasteiger partial charge is 0.233 e. The van der Waals surface area contributed by atoms with Gasteiger partial charge in [0.05, 0.1) is 12.4 Å². The Morgan fingerprint density at radius 3 is 2.35 bits per heavy atom. The molecule has 6 nitrogen and oxygen atoms in total. The van der Waals surface area contributed by atoms with Crippen molar-refractivity contribution in [1.82, 2.24) is 10.7 Å². The minimum atomic E-state index is -1.10. The van der Waals surface area contributed by atoms with Gasteiger partial charge < -0.3 is 10.1 Å². The Morgan fingerprint density at radius 2 is 1.74 bits per heavy atom. The molecule has 1 atom stereocenters. The summed E-state index contributed by atoms with van der Waals surface area (Å²) in [5.74, 6) is 0.638. The van der Waals surface area contributed by atoms with E-state index in [4.69, 9.17) is 14.8 Å². The number of hydrazone groups is 1. The number of aliphatic imine (C=N–C) groups is 1. The van der Waals surface area contributed by atoms with Crippen LogP contribution < -0.4 is 10.7 Å². The quantitative estimate of drug-likeness (QED) is 0.462. The lowest BCUT2D eigenvalue weighted by Gasteiger charge is -2.35. The second kappa shape index (κ2) is 12.2. The molecule has 0 aromatic heterocycles. The number of ether oxygens (including phenoxy) is 1. The molecular weight excluding hydrogens is 444 g/mol. The van der Waals surface area contributed by atoms with E-state index >= 15 is 0 Å². The molecule has 1 aliphatic heterocycles. The van der Waals surface area contributed by atoms with E-state index < -0.39 is 5.72 Å². The van der Waals surface area contributed by atoms with E-state index in [9.17, 15) is 4.79 Å². The summed E-state index contributed by atoms with van der Waals surface area (Å²) in [6.45, 7) is 11.6. The maximum Gasteiger partial charge on any atom is 0.233 e. The molecule has 0 aliphatic carbocycles. The Bertz CT molecular complexity index is 1020. The highest BCUT2D eigenvalue weighted by Gasteiger charge is 2.42. The molecule has 2 N–H and O–H groups in total. The Morgan fingerprint density at radius 1 is 1.09 bits per heavy atom. The third-order valence-corrected chi connectivity index (χ3v) is 6.33. The zero-order chi connectivity index (χ0) is 24.6. The number of amides is 1. The molecule has 34 heavy (non-hydrogen) atoms. The minimum absolute atomic E-state index is 0.0238. The molecule has 2 aromatic rings. The third kappa shape index (κ3) is 6.70. The monoisotopic (exact) mass is 480 g/mol. The number of nitrogens with zero attached hydrogens (tertiary/aromatic N) is 2. The lowest BCUT2D eigenvalue weighted by atomic mass is 9.91. The first-order valence-corrected chi connectivity index (χ1v) is 12.9. The summed E-state index contributed by atoms with van der Waals surface area (Å²) >= 11 is 1.34. The Labute approximate surface area is 207 Å². The largest absolute Gasteiger partial charge is 0.355 e. The minimum Gasteiger partial charge on any atom is -0.355 e. The van der Waals surface area contributed by atoms with Crippen LogP contribution in [0.5, 0.6) is 0 Å². The van der Waals surface area contributed by atoms with Crippen LogP contribution in [0.3, 0.4) is 0 Å². The molecule has 0 bridgehead atoms. The second-order valence-corrected chi connectivity index (χ2v) is 10.0. The van der Waals surface area contributed by atoms with Gasteiger partial charge in [-0.05, 0) is 26.2 Å². The van der Waals surface area contributed by atoms with E-state index in [0.717, 1.165) is 29.5 Å². The number of benzene rings is 2. The van der Waals surface area contributed by atoms with Crippen LogP contribution in [0.4, 0.5) is 0 Å². The van der Waals surface area contributed by atoms with Gasteiger partial charge in [-0.25, -0.2) is 4.99 Å².